The third-order valence-corrected chi connectivity index (χ3v) is 4.28. The van der Waals surface area contributed by atoms with Crippen molar-refractivity contribution in [1.29, 1.82) is 0 Å². The van der Waals surface area contributed by atoms with Gasteiger partial charge >= 0.3 is 0 Å². The summed E-state index contributed by atoms with van der Waals surface area (Å²) >= 11 is 0. The Morgan fingerprint density at radius 1 is 1.03 bits per heavy atom. The predicted octanol–water partition coefficient (Wildman–Crippen LogP) is 3.57. The first-order valence-corrected chi connectivity index (χ1v) is 9.03. The molecule has 4 aromatic rings. The minimum absolute atomic E-state index is 0.134. The lowest BCUT2D eigenvalue weighted by atomic mass is 10.1. The second-order valence-electron chi connectivity index (χ2n) is 6.49. The van der Waals surface area contributed by atoms with Crippen molar-refractivity contribution in [3.63, 3.8) is 0 Å². The predicted molar refractivity (Wildman–Crippen MR) is 103 cm³/mol. The van der Waals surface area contributed by atoms with Gasteiger partial charge in [-0.1, -0.05) is 17.3 Å². The van der Waals surface area contributed by atoms with Crippen LogP contribution in [0.5, 0.6) is 5.88 Å². The van der Waals surface area contributed by atoms with Gasteiger partial charge in [-0.2, -0.15) is 9.97 Å². The zero-order valence-electron chi connectivity index (χ0n) is 15.9. The van der Waals surface area contributed by atoms with Gasteiger partial charge < -0.3 is 14.6 Å². The largest absolute Gasteiger partial charge is 0.467 e. The fourth-order valence-corrected chi connectivity index (χ4v) is 2.82. The second kappa shape index (κ2) is 8.24. The molecule has 0 spiro atoms. The van der Waals surface area contributed by atoms with Crippen molar-refractivity contribution in [3.8, 4) is 17.1 Å². The van der Waals surface area contributed by atoms with Crippen LogP contribution in [0.25, 0.3) is 22.4 Å². The topological polar surface area (TPSA) is 90.1 Å². The van der Waals surface area contributed by atoms with E-state index in [2.05, 4.69) is 20.4 Å². The normalized spacial score (nSPS) is 10.9. The van der Waals surface area contributed by atoms with Gasteiger partial charge in [0.15, 0.2) is 6.61 Å². The number of aromatic nitrogens is 3. The number of amides is 1. The number of carbonyl (C=O) groups excluding carboxylic acids is 1. The van der Waals surface area contributed by atoms with Crippen molar-refractivity contribution in [2.45, 2.75) is 13.5 Å². The van der Waals surface area contributed by atoms with E-state index < -0.39 is 0 Å². The molecule has 30 heavy (non-hydrogen) atoms. The molecule has 0 saturated heterocycles. The van der Waals surface area contributed by atoms with E-state index in [9.17, 15) is 13.6 Å². The van der Waals surface area contributed by atoms with E-state index in [1.807, 2.05) is 0 Å². The van der Waals surface area contributed by atoms with Crippen LogP contribution in [0.3, 0.4) is 0 Å². The number of nitrogens with one attached hydrogen (secondary N) is 1. The van der Waals surface area contributed by atoms with Crippen LogP contribution in [0.1, 0.15) is 11.4 Å². The van der Waals surface area contributed by atoms with E-state index in [-0.39, 0.29) is 42.3 Å². The first-order chi connectivity index (χ1) is 14.5. The van der Waals surface area contributed by atoms with Crippen LogP contribution < -0.4 is 10.1 Å². The van der Waals surface area contributed by atoms with E-state index in [4.69, 9.17) is 9.26 Å². The van der Waals surface area contributed by atoms with Crippen LogP contribution in [0.4, 0.5) is 8.78 Å². The highest BCUT2D eigenvalue weighted by molar-refractivity contribution is 5.93. The molecule has 1 amide bonds. The maximum absolute atomic E-state index is 13.2. The number of carbonyl (C=O) groups is 1. The van der Waals surface area contributed by atoms with Crippen LogP contribution in [0, 0.1) is 18.6 Å². The van der Waals surface area contributed by atoms with Crippen molar-refractivity contribution in [2.75, 3.05) is 6.61 Å². The van der Waals surface area contributed by atoms with E-state index >= 15 is 0 Å². The average Bonchev–Trinajstić information content (AvgIpc) is 3.16. The van der Waals surface area contributed by atoms with Gasteiger partial charge in [-0.05, 0) is 48.9 Å². The fourth-order valence-electron chi connectivity index (χ4n) is 2.82. The molecule has 0 atom stereocenters. The highest BCUT2D eigenvalue weighted by Gasteiger charge is 2.20. The Morgan fingerprint density at radius 2 is 1.70 bits per heavy atom. The molecule has 2 aromatic carbocycles. The summed E-state index contributed by atoms with van der Waals surface area (Å²) in [6.07, 6.45) is 0. The highest BCUT2D eigenvalue weighted by atomic mass is 19.1. The molecule has 0 aliphatic carbocycles. The maximum Gasteiger partial charge on any atom is 0.265 e. The summed E-state index contributed by atoms with van der Waals surface area (Å²) < 4.78 is 37.1. The Bertz CT molecular complexity index is 1190. The zero-order valence-corrected chi connectivity index (χ0v) is 15.9. The van der Waals surface area contributed by atoms with E-state index in [1.54, 1.807) is 31.2 Å². The summed E-state index contributed by atoms with van der Waals surface area (Å²) in [5.41, 5.74) is 1.92. The van der Waals surface area contributed by atoms with Crippen molar-refractivity contribution in [1.82, 2.24) is 20.4 Å². The average molecular weight is 410 g/mol. The van der Waals surface area contributed by atoms with E-state index in [0.29, 0.717) is 22.5 Å². The summed E-state index contributed by atoms with van der Waals surface area (Å²) in [7, 11) is 0. The Kier molecular flexibility index (Phi) is 5.34. The third-order valence-electron chi connectivity index (χ3n) is 4.28. The maximum atomic E-state index is 13.2. The Hall–Kier alpha value is -3.88. The molecule has 152 valence electrons. The number of hydrogen-bond donors (Lipinski definition) is 1. The van der Waals surface area contributed by atoms with Gasteiger partial charge in [0.2, 0.25) is 5.88 Å². The number of benzene rings is 2. The van der Waals surface area contributed by atoms with Crippen LogP contribution in [0.15, 0.2) is 53.1 Å². The number of ether oxygens (including phenoxy) is 1. The smallest absolute Gasteiger partial charge is 0.265 e. The van der Waals surface area contributed by atoms with Crippen LogP contribution in [-0.4, -0.2) is 27.6 Å². The third kappa shape index (κ3) is 4.24. The summed E-state index contributed by atoms with van der Waals surface area (Å²) in [6, 6.07) is 11.5. The summed E-state index contributed by atoms with van der Waals surface area (Å²) in [5, 5.41) is 7.07. The molecule has 1 N–H and O–H groups in total. The lowest BCUT2D eigenvalue weighted by Crippen LogP contribution is -2.28. The highest BCUT2D eigenvalue weighted by Crippen LogP contribution is 2.33. The number of rotatable bonds is 6. The zero-order chi connectivity index (χ0) is 21.1. The number of hydrogen-bond acceptors (Lipinski definition) is 6. The molecule has 0 radical (unpaired) electrons. The Balaban J connectivity index is 1.51. The van der Waals surface area contributed by atoms with Gasteiger partial charge in [0.05, 0.1) is 0 Å². The molecule has 2 aromatic heterocycles. The second-order valence-corrected chi connectivity index (χ2v) is 6.49. The molecule has 0 bridgehead atoms. The lowest BCUT2D eigenvalue weighted by molar-refractivity contribution is -0.123. The van der Waals surface area contributed by atoms with Gasteiger partial charge in [-0.3, -0.25) is 4.79 Å². The molecule has 0 saturated carbocycles. The molecular weight excluding hydrogens is 394 g/mol. The van der Waals surface area contributed by atoms with Gasteiger partial charge in [-0.15, -0.1) is 0 Å². The van der Waals surface area contributed by atoms with Crippen LogP contribution in [-0.2, 0) is 11.3 Å². The van der Waals surface area contributed by atoms with Gasteiger partial charge in [-0.25, -0.2) is 8.78 Å². The van der Waals surface area contributed by atoms with Gasteiger partial charge in [0, 0.05) is 12.1 Å². The summed E-state index contributed by atoms with van der Waals surface area (Å²) in [4.78, 5) is 20.6. The van der Waals surface area contributed by atoms with Gasteiger partial charge in [0.1, 0.15) is 28.5 Å². The lowest BCUT2D eigenvalue weighted by Gasteiger charge is -2.08. The Labute approximate surface area is 169 Å². The fraction of sp³-hybridized carbons (Fsp3) is 0.143. The number of fused-ring (bicyclic) bond motifs is 1. The molecule has 4 rings (SSSR count). The number of halogens is 2. The molecule has 0 fully saturated rings. The summed E-state index contributed by atoms with van der Waals surface area (Å²) in [5.74, 6) is -0.597. The van der Waals surface area contributed by atoms with Gasteiger partial charge in [0.25, 0.3) is 11.6 Å². The van der Waals surface area contributed by atoms with E-state index in [1.165, 1.54) is 24.3 Å². The molecule has 2 heterocycles. The molecular formula is C21H16F2N4O3. The SMILES string of the molecule is Cc1nc(OCC(=O)NCc2ccc(F)cc2)c2c(-c3ccc(F)cc3)noc2n1. The number of aryl methyl sites for hydroxylation is 1. The standard InChI is InChI=1S/C21H16F2N4O3/c1-12-25-20(29-11-17(28)24-10-13-2-6-15(22)7-3-13)18-19(27-30-21(18)26-12)14-4-8-16(23)9-5-14/h2-9H,10-11H2,1H3,(H,24,28). The number of nitrogens with zero attached hydrogens (tertiary/aromatic N) is 3. The Morgan fingerprint density at radius 3 is 2.40 bits per heavy atom. The minimum Gasteiger partial charge on any atom is -0.467 e. The van der Waals surface area contributed by atoms with E-state index in [0.717, 1.165) is 5.56 Å². The molecule has 9 heteroatoms. The first-order valence-electron chi connectivity index (χ1n) is 9.03. The quantitative estimate of drug-likeness (QED) is 0.523. The van der Waals surface area contributed by atoms with Crippen molar-refractivity contribution in [3.05, 3.63) is 71.6 Å². The van der Waals surface area contributed by atoms with Crippen molar-refractivity contribution >= 4 is 17.0 Å². The molecule has 0 aliphatic rings. The minimum atomic E-state index is -0.386. The van der Waals surface area contributed by atoms with Crippen molar-refractivity contribution < 1.29 is 22.8 Å². The molecule has 7 nitrogen and oxygen atoms in total. The summed E-state index contributed by atoms with van der Waals surface area (Å²) in [6.45, 7) is 1.58. The van der Waals surface area contributed by atoms with Crippen LogP contribution >= 0.6 is 0 Å². The van der Waals surface area contributed by atoms with Crippen LogP contribution in [0.2, 0.25) is 0 Å². The first kappa shape index (κ1) is 19.4. The van der Waals surface area contributed by atoms with Crippen molar-refractivity contribution in [2.24, 2.45) is 0 Å². The molecule has 0 unspecified atom stereocenters. The monoisotopic (exact) mass is 410 g/mol. The molecule has 0 aliphatic heterocycles.